The molecule has 3 heterocycles. The molecule has 1 fully saturated rings. The first-order valence-electron chi connectivity index (χ1n) is 9.47. The zero-order valence-corrected chi connectivity index (χ0v) is 16.1. The first-order chi connectivity index (χ1) is 15.3. The van der Waals surface area contributed by atoms with Crippen LogP contribution in [0.15, 0.2) is 60.8 Å². The molecular formula is C21H15F3N4O4. The number of rotatable bonds is 5. The van der Waals surface area contributed by atoms with Crippen molar-refractivity contribution < 1.29 is 32.2 Å². The molecular weight excluding hydrogens is 429 g/mol. The third-order valence-electron chi connectivity index (χ3n) is 4.62. The zero-order chi connectivity index (χ0) is 22.3. The van der Waals surface area contributed by atoms with Crippen LogP contribution in [0.1, 0.15) is 10.4 Å². The van der Waals surface area contributed by atoms with Crippen molar-refractivity contribution in [2.45, 2.75) is 18.8 Å². The van der Waals surface area contributed by atoms with Crippen molar-refractivity contribution in [2.75, 3.05) is 16.0 Å². The predicted molar refractivity (Wildman–Crippen MR) is 108 cm³/mol. The van der Waals surface area contributed by atoms with Gasteiger partial charge in [-0.25, -0.2) is 4.98 Å². The van der Waals surface area contributed by atoms with E-state index >= 15 is 0 Å². The molecule has 2 aromatic carbocycles. The molecule has 2 aliphatic rings. The van der Waals surface area contributed by atoms with Gasteiger partial charge < -0.3 is 30.2 Å². The van der Waals surface area contributed by atoms with Gasteiger partial charge in [-0.15, -0.1) is 13.2 Å². The normalized spacial score (nSPS) is 18.3. The van der Waals surface area contributed by atoms with Crippen LogP contribution in [-0.4, -0.2) is 29.7 Å². The average molecular weight is 444 g/mol. The van der Waals surface area contributed by atoms with Crippen LogP contribution >= 0.6 is 0 Å². The molecule has 1 saturated heterocycles. The number of carbonyl (C=O) groups excluding carboxylic acids is 1. The van der Waals surface area contributed by atoms with Crippen LogP contribution in [0, 0.1) is 0 Å². The second kappa shape index (κ2) is 7.61. The van der Waals surface area contributed by atoms with E-state index in [9.17, 15) is 18.0 Å². The third kappa shape index (κ3) is 4.37. The number of anilines is 3. The van der Waals surface area contributed by atoms with Crippen LogP contribution in [0.3, 0.4) is 0 Å². The summed E-state index contributed by atoms with van der Waals surface area (Å²) in [6.07, 6.45) is -3.50. The Kier molecular flexibility index (Phi) is 4.74. The molecule has 0 aliphatic carbocycles. The van der Waals surface area contributed by atoms with Crippen molar-refractivity contribution in [3.63, 3.8) is 0 Å². The third-order valence-corrected chi connectivity index (χ3v) is 4.62. The van der Waals surface area contributed by atoms with E-state index in [1.54, 1.807) is 30.5 Å². The van der Waals surface area contributed by atoms with Crippen molar-refractivity contribution in [1.82, 2.24) is 4.98 Å². The Bertz CT molecular complexity index is 1190. The molecule has 8 nitrogen and oxygen atoms in total. The van der Waals surface area contributed by atoms with Crippen LogP contribution in [0.5, 0.6) is 17.2 Å². The van der Waals surface area contributed by atoms with Crippen molar-refractivity contribution in [2.24, 2.45) is 0 Å². The van der Waals surface area contributed by atoms with Gasteiger partial charge in [0.1, 0.15) is 17.2 Å². The number of halogens is 3. The molecule has 5 rings (SSSR count). The molecule has 0 radical (unpaired) electrons. The van der Waals surface area contributed by atoms with Gasteiger partial charge >= 0.3 is 6.36 Å². The number of hydrogen-bond acceptors (Lipinski definition) is 7. The molecule has 0 saturated carbocycles. The fourth-order valence-corrected chi connectivity index (χ4v) is 3.19. The highest BCUT2D eigenvalue weighted by atomic mass is 19.4. The van der Waals surface area contributed by atoms with E-state index in [4.69, 9.17) is 9.47 Å². The van der Waals surface area contributed by atoms with Gasteiger partial charge in [0, 0.05) is 29.6 Å². The smallest absolute Gasteiger partial charge is 0.455 e. The van der Waals surface area contributed by atoms with Gasteiger partial charge in [-0.2, -0.15) is 0 Å². The summed E-state index contributed by atoms with van der Waals surface area (Å²) in [5, 5.41) is 8.83. The minimum atomic E-state index is -4.82. The molecule has 2 unspecified atom stereocenters. The van der Waals surface area contributed by atoms with Crippen molar-refractivity contribution in [1.29, 1.82) is 0 Å². The number of ether oxygens (including phenoxy) is 3. The number of pyridine rings is 1. The van der Waals surface area contributed by atoms with E-state index < -0.39 is 18.0 Å². The maximum atomic E-state index is 12.6. The largest absolute Gasteiger partial charge is 0.573 e. The first kappa shape index (κ1) is 19.9. The lowest BCUT2D eigenvalue weighted by Crippen LogP contribution is -2.21. The van der Waals surface area contributed by atoms with E-state index in [1.165, 1.54) is 18.2 Å². The highest BCUT2D eigenvalue weighted by Gasteiger charge is 2.44. The molecule has 1 amide bonds. The lowest BCUT2D eigenvalue weighted by atomic mass is 10.2. The van der Waals surface area contributed by atoms with E-state index in [0.717, 1.165) is 12.1 Å². The fraction of sp³-hybridized carbons (Fsp3) is 0.143. The Hall–Kier alpha value is -3.99. The monoisotopic (exact) mass is 444 g/mol. The summed E-state index contributed by atoms with van der Waals surface area (Å²) in [6.45, 7) is 0. The van der Waals surface area contributed by atoms with Crippen molar-refractivity contribution in [3.05, 3.63) is 66.4 Å². The Morgan fingerprint density at radius 3 is 2.66 bits per heavy atom. The number of amides is 1. The number of alkyl halides is 3. The number of nitrogens with one attached hydrogen (secondary N) is 3. The quantitative estimate of drug-likeness (QED) is 0.497. The number of aromatic nitrogens is 1. The average Bonchev–Trinajstić information content (AvgIpc) is 3.50. The van der Waals surface area contributed by atoms with Gasteiger partial charge in [-0.05, 0) is 30.3 Å². The second-order valence-electron chi connectivity index (χ2n) is 6.96. The molecule has 3 N–H and O–H groups in total. The number of carbonyl (C=O) groups is 1. The molecule has 2 atom stereocenters. The molecule has 3 aromatic rings. The molecule has 164 valence electrons. The Balaban J connectivity index is 1.31. The molecule has 2 aliphatic heterocycles. The molecule has 11 heteroatoms. The molecule has 1 aromatic heterocycles. The van der Waals surface area contributed by atoms with Crippen molar-refractivity contribution >= 4 is 23.1 Å². The minimum absolute atomic E-state index is 0.114. The van der Waals surface area contributed by atoms with Gasteiger partial charge in [0.05, 0.1) is 0 Å². The topological polar surface area (TPSA) is 97.0 Å². The Morgan fingerprint density at radius 1 is 1.03 bits per heavy atom. The number of fused-ring (bicyclic) bond motifs is 2. The summed E-state index contributed by atoms with van der Waals surface area (Å²) < 4.78 is 52.4. The summed E-state index contributed by atoms with van der Waals surface area (Å²) in [4.78, 5) is 16.9. The maximum absolute atomic E-state index is 12.6. The molecule has 0 bridgehead atoms. The van der Waals surface area contributed by atoms with Gasteiger partial charge in [0.2, 0.25) is 0 Å². The van der Waals surface area contributed by atoms with Gasteiger partial charge in [0.25, 0.3) is 5.91 Å². The van der Waals surface area contributed by atoms with Crippen LogP contribution in [-0.2, 0) is 4.74 Å². The number of epoxide rings is 1. The van der Waals surface area contributed by atoms with Gasteiger partial charge in [-0.3, -0.25) is 4.79 Å². The standard InChI is InChI=1S/C21H15F3N4O4/c22-21(23,24)32-14-6-2-4-12(10-14)26-18(29)11-3-1-5-13(9-11)30-15-7-8-25-17-16(15)27-19-20(28-17)31-19/h1-10,19-20,27H,(H,25,28)(H,26,29). The van der Waals surface area contributed by atoms with Crippen LogP contribution < -0.4 is 25.4 Å². The zero-order valence-electron chi connectivity index (χ0n) is 16.1. The van der Waals surface area contributed by atoms with E-state index in [1.807, 2.05) is 0 Å². The summed E-state index contributed by atoms with van der Waals surface area (Å²) in [5.74, 6) is 0.520. The van der Waals surface area contributed by atoms with E-state index in [0.29, 0.717) is 23.0 Å². The summed E-state index contributed by atoms with van der Waals surface area (Å²) in [5.41, 5.74) is 1.05. The number of hydrogen-bond donors (Lipinski definition) is 3. The van der Waals surface area contributed by atoms with Crippen LogP contribution in [0.2, 0.25) is 0 Å². The summed E-state index contributed by atoms with van der Waals surface area (Å²) >= 11 is 0. The van der Waals surface area contributed by atoms with Crippen LogP contribution in [0.25, 0.3) is 0 Å². The maximum Gasteiger partial charge on any atom is 0.573 e. The highest BCUT2D eigenvalue weighted by molar-refractivity contribution is 6.04. The Labute approximate surface area is 179 Å². The Morgan fingerprint density at radius 2 is 1.81 bits per heavy atom. The highest BCUT2D eigenvalue weighted by Crippen LogP contribution is 2.42. The van der Waals surface area contributed by atoms with E-state index in [2.05, 4.69) is 25.7 Å². The number of nitrogens with zero attached hydrogens (tertiary/aromatic N) is 1. The van der Waals surface area contributed by atoms with E-state index in [-0.39, 0.29) is 23.7 Å². The van der Waals surface area contributed by atoms with Crippen molar-refractivity contribution in [3.8, 4) is 17.2 Å². The van der Waals surface area contributed by atoms with Crippen LogP contribution in [0.4, 0.5) is 30.4 Å². The SMILES string of the molecule is O=C(Nc1cccc(OC(F)(F)F)c1)c1cccc(Oc2ccnc3c2NC2OC2N3)c1. The molecule has 32 heavy (non-hydrogen) atoms. The first-order valence-corrected chi connectivity index (χ1v) is 9.47. The summed E-state index contributed by atoms with van der Waals surface area (Å²) in [7, 11) is 0. The van der Waals surface area contributed by atoms with Gasteiger partial charge in [-0.1, -0.05) is 12.1 Å². The van der Waals surface area contributed by atoms with Gasteiger partial charge in [0.15, 0.2) is 24.0 Å². The summed E-state index contributed by atoms with van der Waals surface area (Å²) in [6, 6.07) is 13.1. The fourth-order valence-electron chi connectivity index (χ4n) is 3.19. The minimum Gasteiger partial charge on any atom is -0.455 e. The predicted octanol–water partition coefficient (Wildman–Crippen LogP) is 4.54. The lowest BCUT2D eigenvalue weighted by Gasteiger charge is -2.18. The molecule has 0 spiro atoms. The lowest BCUT2D eigenvalue weighted by molar-refractivity contribution is -0.274. The number of benzene rings is 2. The second-order valence-corrected chi connectivity index (χ2v) is 6.96.